The molecule has 1 aliphatic carbocycles. The molecule has 122 valence electrons. The molecule has 0 amide bonds. The van der Waals surface area contributed by atoms with Gasteiger partial charge in [-0.2, -0.15) is 0 Å². The SMILES string of the molecule is CC1CC(n2nnc3c2CN(Cc2cc(O)cc(Cl)c2)CC3)C1. The average Bonchev–Trinajstić information content (AvgIpc) is 2.85. The van der Waals surface area contributed by atoms with Crippen molar-refractivity contribution in [2.45, 2.75) is 45.3 Å². The standard InChI is InChI=1S/C17H21ClN4O/c1-11-4-14(5-11)22-17-10-21(3-2-16(17)19-20-22)9-12-6-13(18)8-15(23)7-12/h6-8,11,14,23H,2-5,9-10H2,1H3. The highest BCUT2D eigenvalue weighted by molar-refractivity contribution is 6.30. The lowest BCUT2D eigenvalue weighted by Crippen LogP contribution is -2.34. The van der Waals surface area contributed by atoms with Gasteiger partial charge in [0.1, 0.15) is 5.75 Å². The van der Waals surface area contributed by atoms with Crippen LogP contribution in [0, 0.1) is 5.92 Å². The maximum Gasteiger partial charge on any atom is 0.117 e. The van der Waals surface area contributed by atoms with E-state index < -0.39 is 0 Å². The molecule has 4 rings (SSSR count). The van der Waals surface area contributed by atoms with Crippen LogP contribution in [0.25, 0.3) is 0 Å². The number of aromatic nitrogens is 3. The summed E-state index contributed by atoms with van der Waals surface area (Å²) in [6.45, 7) is 4.89. The Morgan fingerprint density at radius 1 is 1.30 bits per heavy atom. The van der Waals surface area contributed by atoms with E-state index in [0.29, 0.717) is 11.1 Å². The quantitative estimate of drug-likeness (QED) is 0.938. The van der Waals surface area contributed by atoms with Crippen LogP contribution >= 0.6 is 11.6 Å². The van der Waals surface area contributed by atoms with Crippen molar-refractivity contribution < 1.29 is 5.11 Å². The Kier molecular flexibility index (Phi) is 3.77. The van der Waals surface area contributed by atoms with Gasteiger partial charge in [0.2, 0.25) is 0 Å². The van der Waals surface area contributed by atoms with Crippen molar-refractivity contribution in [1.82, 2.24) is 19.9 Å². The molecule has 2 heterocycles. The Morgan fingerprint density at radius 2 is 2.13 bits per heavy atom. The van der Waals surface area contributed by atoms with Crippen LogP contribution in [0.1, 0.15) is 42.8 Å². The molecule has 1 fully saturated rings. The summed E-state index contributed by atoms with van der Waals surface area (Å²) in [4.78, 5) is 2.37. The fourth-order valence-corrected chi connectivity index (χ4v) is 3.98. The molecule has 0 atom stereocenters. The van der Waals surface area contributed by atoms with Crippen molar-refractivity contribution in [3.63, 3.8) is 0 Å². The monoisotopic (exact) mass is 332 g/mol. The molecule has 1 aromatic carbocycles. The Balaban J connectivity index is 1.50. The first kappa shape index (κ1) is 15.0. The molecule has 0 unspecified atom stereocenters. The first-order valence-electron chi connectivity index (χ1n) is 8.22. The molecule has 0 saturated heterocycles. The first-order valence-corrected chi connectivity index (χ1v) is 8.60. The second kappa shape index (κ2) is 5.80. The van der Waals surface area contributed by atoms with Gasteiger partial charge in [-0.15, -0.1) is 5.10 Å². The molecule has 1 aliphatic heterocycles. The van der Waals surface area contributed by atoms with E-state index in [2.05, 4.69) is 26.8 Å². The lowest BCUT2D eigenvalue weighted by Gasteiger charge is -2.35. The number of rotatable bonds is 3. The number of hydrogen-bond donors (Lipinski definition) is 1. The third-order valence-electron chi connectivity index (χ3n) is 4.95. The first-order chi connectivity index (χ1) is 11.1. The van der Waals surface area contributed by atoms with E-state index in [-0.39, 0.29) is 5.75 Å². The van der Waals surface area contributed by atoms with E-state index in [1.807, 2.05) is 6.07 Å². The molecule has 6 heteroatoms. The highest BCUT2D eigenvalue weighted by Gasteiger charge is 2.32. The van der Waals surface area contributed by atoms with Gasteiger partial charge in [0.25, 0.3) is 0 Å². The minimum atomic E-state index is 0.223. The highest BCUT2D eigenvalue weighted by atomic mass is 35.5. The minimum Gasteiger partial charge on any atom is -0.508 e. The molecule has 5 nitrogen and oxygen atoms in total. The summed E-state index contributed by atoms with van der Waals surface area (Å²) in [5.74, 6) is 1.02. The van der Waals surface area contributed by atoms with E-state index in [0.717, 1.165) is 43.2 Å². The van der Waals surface area contributed by atoms with E-state index in [9.17, 15) is 5.11 Å². The molecule has 1 N–H and O–H groups in total. The van der Waals surface area contributed by atoms with Gasteiger partial charge in [-0.1, -0.05) is 23.7 Å². The summed E-state index contributed by atoms with van der Waals surface area (Å²) in [6, 6.07) is 5.79. The van der Waals surface area contributed by atoms with Crippen molar-refractivity contribution in [2.75, 3.05) is 6.54 Å². The Bertz CT molecular complexity index is 703. The molecule has 1 saturated carbocycles. The van der Waals surface area contributed by atoms with Gasteiger partial charge in [0, 0.05) is 31.1 Å². The Morgan fingerprint density at radius 3 is 2.87 bits per heavy atom. The summed E-state index contributed by atoms with van der Waals surface area (Å²) in [6.07, 6.45) is 3.35. The van der Waals surface area contributed by atoms with E-state index in [4.69, 9.17) is 11.6 Å². The van der Waals surface area contributed by atoms with Crippen LogP contribution in [-0.2, 0) is 19.5 Å². The molecule has 2 aliphatic rings. The lowest BCUT2D eigenvalue weighted by atomic mass is 9.82. The summed E-state index contributed by atoms with van der Waals surface area (Å²) < 4.78 is 2.15. The van der Waals surface area contributed by atoms with Gasteiger partial charge in [0.15, 0.2) is 0 Å². The normalized spacial score (nSPS) is 24.3. The number of halogens is 1. The van der Waals surface area contributed by atoms with Gasteiger partial charge in [0.05, 0.1) is 17.4 Å². The summed E-state index contributed by atoms with van der Waals surface area (Å²) in [7, 11) is 0. The van der Waals surface area contributed by atoms with E-state index >= 15 is 0 Å². The predicted octanol–water partition coefficient (Wildman–Crippen LogP) is 3.17. The zero-order valence-electron chi connectivity index (χ0n) is 13.2. The van der Waals surface area contributed by atoms with Gasteiger partial charge in [-0.05, 0) is 42.5 Å². The molecule has 0 spiro atoms. The smallest absolute Gasteiger partial charge is 0.117 e. The zero-order chi connectivity index (χ0) is 16.0. The number of phenols is 1. The van der Waals surface area contributed by atoms with Crippen LogP contribution in [0.4, 0.5) is 0 Å². The lowest BCUT2D eigenvalue weighted by molar-refractivity contribution is 0.178. The third kappa shape index (κ3) is 2.95. The zero-order valence-corrected chi connectivity index (χ0v) is 14.0. The largest absolute Gasteiger partial charge is 0.508 e. The topological polar surface area (TPSA) is 54.2 Å². The fourth-order valence-electron chi connectivity index (χ4n) is 3.73. The van der Waals surface area contributed by atoms with Crippen LogP contribution in [0.5, 0.6) is 5.75 Å². The second-order valence-electron chi connectivity index (χ2n) is 6.94. The molecule has 1 aromatic heterocycles. The van der Waals surface area contributed by atoms with Gasteiger partial charge in [-0.3, -0.25) is 4.90 Å². The van der Waals surface area contributed by atoms with E-state index in [1.54, 1.807) is 12.1 Å². The Hall–Kier alpha value is -1.59. The number of fused-ring (bicyclic) bond motifs is 1. The minimum absolute atomic E-state index is 0.223. The Labute approximate surface area is 140 Å². The average molecular weight is 333 g/mol. The maximum atomic E-state index is 9.70. The summed E-state index contributed by atoms with van der Waals surface area (Å²) in [5, 5.41) is 19.1. The molecular formula is C17H21ClN4O. The number of hydrogen-bond acceptors (Lipinski definition) is 4. The molecule has 2 aromatic rings. The fraction of sp³-hybridized carbons (Fsp3) is 0.529. The van der Waals surface area contributed by atoms with E-state index in [1.165, 1.54) is 18.5 Å². The van der Waals surface area contributed by atoms with Crippen LogP contribution < -0.4 is 0 Å². The number of benzene rings is 1. The maximum absolute atomic E-state index is 9.70. The summed E-state index contributed by atoms with van der Waals surface area (Å²) in [5.41, 5.74) is 3.45. The van der Waals surface area contributed by atoms with Crippen LogP contribution in [0.15, 0.2) is 18.2 Å². The predicted molar refractivity (Wildman–Crippen MR) is 88.4 cm³/mol. The third-order valence-corrected chi connectivity index (χ3v) is 5.17. The van der Waals surface area contributed by atoms with Gasteiger partial charge in [-0.25, -0.2) is 4.68 Å². The van der Waals surface area contributed by atoms with Gasteiger partial charge < -0.3 is 5.11 Å². The van der Waals surface area contributed by atoms with Crippen molar-refractivity contribution in [1.29, 1.82) is 0 Å². The number of phenolic OH excluding ortho intramolecular Hbond substituents is 1. The number of aromatic hydroxyl groups is 1. The van der Waals surface area contributed by atoms with Crippen molar-refractivity contribution in [3.8, 4) is 5.75 Å². The second-order valence-corrected chi connectivity index (χ2v) is 7.37. The highest BCUT2D eigenvalue weighted by Crippen LogP contribution is 2.38. The summed E-state index contributed by atoms with van der Waals surface area (Å²) >= 11 is 6.04. The molecule has 0 bridgehead atoms. The van der Waals surface area contributed by atoms with Crippen molar-refractivity contribution in [2.24, 2.45) is 5.92 Å². The molecule has 0 radical (unpaired) electrons. The number of nitrogens with zero attached hydrogens (tertiary/aromatic N) is 4. The van der Waals surface area contributed by atoms with Crippen molar-refractivity contribution >= 4 is 11.6 Å². The van der Waals surface area contributed by atoms with Crippen molar-refractivity contribution in [3.05, 3.63) is 40.2 Å². The van der Waals surface area contributed by atoms with Crippen LogP contribution in [-0.4, -0.2) is 31.5 Å². The van der Waals surface area contributed by atoms with Crippen LogP contribution in [0.3, 0.4) is 0 Å². The molecule has 23 heavy (non-hydrogen) atoms. The van der Waals surface area contributed by atoms with Crippen LogP contribution in [0.2, 0.25) is 5.02 Å². The molecular weight excluding hydrogens is 312 g/mol. The van der Waals surface area contributed by atoms with Gasteiger partial charge >= 0.3 is 0 Å².